The fourth-order valence-corrected chi connectivity index (χ4v) is 6.14. The van der Waals surface area contributed by atoms with Crippen molar-refractivity contribution in [1.29, 1.82) is 0 Å². The first-order chi connectivity index (χ1) is 17.5. The Kier molecular flexibility index (Phi) is 7.28. The van der Waals surface area contributed by atoms with Gasteiger partial charge in [0, 0.05) is 16.5 Å². The second kappa shape index (κ2) is 10.8. The standard InChI is InChI=1S/C31H32N2O2S/c1-21-8-7-10-24(18-21)20-33-27-12-5-6-13-28(27)36-29(31(33)35)19-23-14-16-25(17-15-23)30(34)32-26-11-4-3-9-22(26)2/h5-8,10,12-19,22,26H,3-4,9,11,20H2,1-2H3,(H,32,34)/b29-19+/t22-,26+/m0/s1. The van der Waals surface area contributed by atoms with Gasteiger partial charge < -0.3 is 10.2 Å². The van der Waals surface area contributed by atoms with Crippen molar-refractivity contribution in [3.63, 3.8) is 0 Å². The van der Waals surface area contributed by atoms with E-state index in [1.54, 1.807) is 0 Å². The van der Waals surface area contributed by atoms with Gasteiger partial charge in [-0.1, -0.05) is 85.6 Å². The summed E-state index contributed by atoms with van der Waals surface area (Å²) in [6.45, 7) is 4.81. The quantitative estimate of drug-likeness (QED) is 0.388. The van der Waals surface area contributed by atoms with Crippen LogP contribution < -0.4 is 10.2 Å². The topological polar surface area (TPSA) is 49.4 Å². The Bertz CT molecular complexity index is 1300. The first-order valence-corrected chi connectivity index (χ1v) is 13.6. The number of amides is 2. The van der Waals surface area contributed by atoms with Crippen LogP contribution in [-0.4, -0.2) is 17.9 Å². The summed E-state index contributed by atoms with van der Waals surface area (Å²) >= 11 is 1.50. The summed E-state index contributed by atoms with van der Waals surface area (Å²) in [5.41, 5.74) is 4.78. The summed E-state index contributed by atoms with van der Waals surface area (Å²) in [6, 6.07) is 24.1. The van der Waals surface area contributed by atoms with Crippen LogP contribution in [0.2, 0.25) is 0 Å². The van der Waals surface area contributed by atoms with Gasteiger partial charge in [-0.3, -0.25) is 9.59 Å². The van der Waals surface area contributed by atoms with E-state index in [1.165, 1.54) is 36.6 Å². The van der Waals surface area contributed by atoms with Gasteiger partial charge in [0.1, 0.15) is 0 Å². The molecule has 5 rings (SSSR count). The monoisotopic (exact) mass is 496 g/mol. The van der Waals surface area contributed by atoms with Crippen LogP contribution in [0.15, 0.2) is 82.6 Å². The molecule has 1 aliphatic carbocycles. The van der Waals surface area contributed by atoms with Gasteiger partial charge in [0.05, 0.1) is 17.1 Å². The molecule has 0 aromatic heterocycles. The smallest absolute Gasteiger partial charge is 0.265 e. The minimum Gasteiger partial charge on any atom is -0.349 e. The average Bonchev–Trinajstić information content (AvgIpc) is 2.88. The maximum Gasteiger partial charge on any atom is 0.265 e. The molecule has 3 aromatic rings. The Morgan fingerprint density at radius 2 is 1.81 bits per heavy atom. The molecule has 0 saturated heterocycles. The number of thioether (sulfide) groups is 1. The SMILES string of the molecule is Cc1cccc(CN2C(=O)/C(=C\c3ccc(C(=O)N[C@@H]4CCCC[C@@H]4C)cc3)Sc3ccccc32)c1. The van der Waals surface area contributed by atoms with Gasteiger partial charge in [-0.05, 0) is 67.2 Å². The van der Waals surface area contributed by atoms with E-state index in [0.717, 1.165) is 28.1 Å². The predicted molar refractivity (Wildman–Crippen MR) is 148 cm³/mol. The Morgan fingerprint density at radius 1 is 1.03 bits per heavy atom. The Morgan fingerprint density at radius 3 is 2.58 bits per heavy atom. The van der Waals surface area contributed by atoms with Crippen LogP contribution in [0.5, 0.6) is 0 Å². The lowest BCUT2D eigenvalue weighted by Crippen LogP contribution is -2.41. The van der Waals surface area contributed by atoms with Gasteiger partial charge in [-0.2, -0.15) is 0 Å². The van der Waals surface area contributed by atoms with Gasteiger partial charge in [0.25, 0.3) is 11.8 Å². The van der Waals surface area contributed by atoms with E-state index in [2.05, 4.69) is 43.4 Å². The number of aryl methyl sites for hydroxylation is 1. The van der Waals surface area contributed by atoms with Gasteiger partial charge in [0.2, 0.25) is 0 Å². The van der Waals surface area contributed by atoms with Crippen molar-refractivity contribution >= 4 is 35.3 Å². The summed E-state index contributed by atoms with van der Waals surface area (Å²) in [4.78, 5) is 30.0. The number of fused-ring (bicyclic) bond motifs is 1. The van der Waals surface area contributed by atoms with Crippen molar-refractivity contribution in [2.24, 2.45) is 5.92 Å². The molecule has 5 heteroatoms. The number of hydrogen-bond acceptors (Lipinski definition) is 3. The summed E-state index contributed by atoms with van der Waals surface area (Å²) in [5.74, 6) is 0.495. The van der Waals surface area contributed by atoms with Crippen molar-refractivity contribution in [1.82, 2.24) is 5.32 Å². The van der Waals surface area contributed by atoms with E-state index in [4.69, 9.17) is 0 Å². The summed E-state index contributed by atoms with van der Waals surface area (Å²) in [5, 5.41) is 3.22. The zero-order valence-corrected chi connectivity index (χ0v) is 21.7. The van der Waals surface area contributed by atoms with Crippen LogP contribution >= 0.6 is 11.8 Å². The molecule has 36 heavy (non-hydrogen) atoms. The van der Waals surface area contributed by atoms with Crippen LogP contribution in [0.25, 0.3) is 6.08 Å². The van der Waals surface area contributed by atoms with Crippen molar-refractivity contribution in [3.05, 3.63) is 100.0 Å². The van der Waals surface area contributed by atoms with E-state index in [9.17, 15) is 9.59 Å². The normalized spacial score (nSPS) is 20.8. The van der Waals surface area contributed by atoms with E-state index in [-0.39, 0.29) is 17.9 Å². The molecule has 1 heterocycles. The number of carbonyl (C=O) groups is 2. The molecule has 184 valence electrons. The summed E-state index contributed by atoms with van der Waals surface area (Å²) in [7, 11) is 0. The molecule has 4 nitrogen and oxygen atoms in total. The lowest BCUT2D eigenvalue weighted by Gasteiger charge is -2.30. The number of nitrogens with zero attached hydrogens (tertiary/aromatic N) is 1. The van der Waals surface area contributed by atoms with Gasteiger partial charge >= 0.3 is 0 Å². The largest absolute Gasteiger partial charge is 0.349 e. The van der Waals surface area contributed by atoms with Crippen molar-refractivity contribution in [2.75, 3.05) is 4.90 Å². The Balaban J connectivity index is 1.35. The number of para-hydroxylation sites is 1. The molecule has 0 spiro atoms. The van der Waals surface area contributed by atoms with E-state index < -0.39 is 0 Å². The first-order valence-electron chi connectivity index (χ1n) is 12.7. The van der Waals surface area contributed by atoms with Crippen molar-refractivity contribution < 1.29 is 9.59 Å². The molecule has 0 bridgehead atoms. The van der Waals surface area contributed by atoms with Crippen LogP contribution in [0.4, 0.5) is 5.69 Å². The second-order valence-electron chi connectivity index (χ2n) is 9.92. The Hall–Kier alpha value is -3.31. The second-order valence-corrected chi connectivity index (χ2v) is 11.0. The number of benzene rings is 3. The maximum atomic E-state index is 13.6. The van der Waals surface area contributed by atoms with Gasteiger partial charge in [0.15, 0.2) is 0 Å². The van der Waals surface area contributed by atoms with Crippen molar-refractivity contribution in [3.8, 4) is 0 Å². The number of anilines is 1. The third-order valence-electron chi connectivity index (χ3n) is 7.15. The minimum absolute atomic E-state index is 0.00619. The lowest BCUT2D eigenvalue weighted by molar-refractivity contribution is -0.114. The van der Waals surface area contributed by atoms with Crippen LogP contribution in [0.3, 0.4) is 0 Å². The zero-order chi connectivity index (χ0) is 25.1. The molecule has 0 unspecified atom stereocenters. The Labute approximate surface area is 217 Å². The fourth-order valence-electron chi connectivity index (χ4n) is 5.08. The van der Waals surface area contributed by atoms with Crippen molar-refractivity contribution in [2.45, 2.75) is 57.0 Å². The molecule has 2 amide bonds. The molecular formula is C31H32N2O2S. The molecular weight excluding hydrogens is 464 g/mol. The maximum absolute atomic E-state index is 13.6. The molecule has 0 radical (unpaired) electrons. The predicted octanol–water partition coefficient (Wildman–Crippen LogP) is 6.98. The van der Waals surface area contributed by atoms with E-state index in [1.807, 2.05) is 59.5 Å². The average molecular weight is 497 g/mol. The van der Waals surface area contributed by atoms with Crippen LogP contribution in [0.1, 0.15) is 59.7 Å². The highest BCUT2D eigenvalue weighted by molar-refractivity contribution is 8.04. The molecule has 1 N–H and O–H groups in total. The summed E-state index contributed by atoms with van der Waals surface area (Å²) < 4.78 is 0. The third kappa shape index (κ3) is 5.41. The fraction of sp³-hybridized carbons (Fsp3) is 0.290. The molecule has 2 atom stereocenters. The highest BCUT2D eigenvalue weighted by Gasteiger charge is 2.29. The lowest BCUT2D eigenvalue weighted by atomic mass is 9.86. The highest BCUT2D eigenvalue weighted by Crippen LogP contribution is 2.42. The zero-order valence-electron chi connectivity index (χ0n) is 20.9. The van der Waals surface area contributed by atoms with Crippen LogP contribution in [-0.2, 0) is 11.3 Å². The van der Waals surface area contributed by atoms with Crippen LogP contribution in [0, 0.1) is 12.8 Å². The first kappa shape index (κ1) is 24.4. The minimum atomic E-state index is -0.0191. The number of hydrogen-bond donors (Lipinski definition) is 1. The molecule has 3 aromatic carbocycles. The van der Waals surface area contributed by atoms with E-state index in [0.29, 0.717) is 22.9 Å². The third-order valence-corrected chi connectivity index (χ3v) is 8.23. The number of nitrogens with one attached hydrogen (secondary N) is 1. The molecule has 2 aliphatic rings. The molecule has 1 saturated carbocycles. The molecule has 1 aliphatic heterocycles. The number of carbonyl (C=O) groups excluding carboxylic acids is 2. The van der Waals surface area contributed by atoms with Gasteiger partial charge in [-0.15, -0.1) is 0 Å². The molecule has 1 fully saturated rings. The van der Waals surface area contributed by atoms with Gasteiger partial charge in [-0.25, -0.2) is 0 Å². The summed E-state index contributed by atoms with van der Waals surface area (Å²) in [6.07, 6.45) is 6.58. The highest BCUT2D eigenvalue weighted by atomic mass is 32.2. The number of rotatable bonds is 5. The van der Waals surface area contributed by atoms with E-state index >= 15 is 0 Å².